The number of sulfonamides is 1. The molecule has 0 aliphatic rings. The maximum absolute atomic E-state index is 13.2. The Morgan fingerprint density at radius 1 is 1.30 bits per heavy atom. The van der Waals surface area contributed by atoms with Crippen LogP contribution in [0.5, 0.6) is 0 Å². The normalized spacial score (nSPS) is 12.7. The third-order valence-electron chi connectivity index (χ3n) is 2.91. The van der Waals surface area contributed by atoms with Gasteiger partial charge in [0.2, 0.25) is 10.0 Å². The van der Waals surface area contributed by atoms with Crippen LogP contribution in [-0.4, -0.2) is 35.9 Å². The molecule has 0 heterocycles. The molecule has 0 aromatic heterocycles. The molecule has 0 atom stereocenters. The van der Waals surface area contributed by atoms with Crippen LogP contribution in [0.2, 0.25) is 0 Å². The van der Waals surface area contributed by atoms with Gasteiger partial charge in [-0.25, -0.2) is 17.2 Å². The largest absolute Gasteiger partial charge is 0.480 e. The lowest BCUT2D eigenvalue weighted by Crippen LogP contribution is -2.52. The molecule has 0 radical (unpaired) electrons. The number of aliphatic carboxylic acids is 1. The first-order chi connectivity index (χ1) is 9.05. The van der Waals surface area contributed by atoms with Crippen molar-refractivity contribution in [3.05, 3.63) is 29.8 Å². The maximum atomic E-state index is 13.2. The van der Waals surface area contributed by atoms with Gasteiger partial charge in [-0.3, -0.25) is 4.79 Å². The molecule has 8 heteroatoms. The number of carbonyl (C=O) groups is 1. The van der Waals surface area contributed by atoms with E-state index in [2.05, 4.69) is 0 Å². The molecular formula is C12H15F2NO4S. The Balaban J connectivity index is 3.39. The Hall–Kier alpha value is -1.54. The van der Waals surface area contributed by atoms with E-state index in [1.165, 1.54) is 20.8 Å². The molecule has 20 heavy (non-hydrogen) atoms. The second kappa shape index (κ2) is 5.45. The van der Waals surface area contributed by atoms with Crippen molar-refractivity contribution in [3.8, 4) is 0 Å². The van der Waals surface area contributed by atoms with Crippen molar-refractivity contribution >= 4 is 16.0 Å². The number of carboxylic acids is 1. The number of likely N-dealkylation sites (N-methyl/N-ethyl adjacent to an activating group) is 1. The second-order valence-corrected chi connectivity index (χ2v) is 6.47. The number of hydrogen-bond acceptors (Lipinski definition) is 3. The molecule has 0 aliphatic carbocycles. The molecule has 1 aromatic rings. The van der Waals surface area contributed by atoms with Crippen molar-refractivity contribution < 1.29 is 27.1 Å². The SMILES string of the molecule is CCN(C(C)(C)C(=O)O)S(=O)(=O)c1ccc(F)c(F)c1. The average Bonchev–Trinajstić information content (AvgIpc) is 2.32. The summed E-state index contributed by atoms with van der Waals surface area (Å²) in [5.41, 5.74) is -1.71. The molecule has 0 saturated carbocycles. The van der Waals surface area contributed by atoms with Crippen molar-refractivity contribution in [3.63, 3.8) is 0 Å². The molecular weight excluding hydrogens is 292 g/mol. The van der Waals surface area contributed by atoms with Crippen molar-refractivity contribution in [2.24, 2.45) is 0 Å². The van der Waals surface area contributed by atoms with E-state index in [9.17, 15) is 22.0 Å². The fraction of sp³-hybridized carbons (Fsp3) is 0.417. The molecule has 0 amide bonds. The Morgan fingerprint density at radius 2 is 1.85 bits per heavy atom. The molecule has 0 aliphatic heterocycles. The first-order valence-corrected chi connectivity index (χ1v) is 7.20. The average molecular weight is 307 g/mol. The van der Waals surface area contributed by atoms with Crippen LogP contribution < -0.4 is 0 Å². The number of nitrogens with zero attached hydrogens (tertiary/aromatic N) is 1. The van der Waals surface area contributed by atoms with Gasteiger partial charge in [0.15, 0.2) is 11.6 Å². The third-order valence-corrected chi connectivity index (χ3v) is 5.06. The molecule has 0 spiro atoms. The Morgan fingerprint density at radius 3 is 2.25 bits per heavy atom. The first kappa shape index (κ1) is 16.5. The lowest BCUT2D eigenvalue weighted by atomic mass is 10.1. The highest BCUT2D eigenvalue weighted by Gasteiger charge is 2.42. The van der Waals surface area contributed by atoms with Crippen molar-refractivity contribution in [2.75, 3.05) is 6.54 Å². The zero-order valence-corrected chi connectivity index (χ0v) is 12.0. The predicted molar refractivity (Wildman–Crippen MR) is 67.6 cm³/mol. The van der Waals surface area contributed by atoms with E-state index in [0.29, 0.717) is 12.1 Å². The standard InChI is InChI=1S/C12H15F2NO4S/c1-4-15(12(2,3)11(16)17)20(18,19)8-5-6-9(13)10(14)7-8/h5-7H,4H2,1-3H3,(H,16,17). The van der Waals surface area contributed by atoms with Crippen molar-refractivity contribution in [1.82, 2.24) is 4.31 Å². The summed E-state index contributed by atoms with van der Waals surface area (Å²) in [6.07, 6.45) is 0. The Kier molecular flexibility index (Phi) is 4.50. The van der Waals surface area contributed by atoms with E-state index in [4.69, 9.17) is 5.11 Å². The topological polar surface area (TPSA) is 74.7 Å². The summed E-state index contributed by atoms with van der Waals surface area (Å²) in [6.45, 7) is 3.77. The second-order valence-electron chi connectivity index (χ2n) is 4.61. The molecule has 1 aromatic carbocycles. The van der Waals surface area contributed by atoms with Gasteiger partial charge in [0.1, 0.15) is 5.54 Å². The van der Waals surface area contributed by atoms with E-state index in [0.717, 1.165) is 10.4 Å². The highest BCUT2D eigenvalue weighted by Crippen LogP contribution is 2.25. The fourth-order valence-corrected chi connectivity index (χ4v) is 3.50. The van der Waals surface area contributed by atoms with Crippen molar-refractivity contribution in [1.29, 1.82) is 0 Å². The van der Waals surface area contributed by atoms with Crippen LogP contribution in [0.15, 0.2) is 23.1 Å². The highest BCUT2D eigenvalue weighted by atomic mass is 32.2. The minimum Gasteiger partial charge on any atom is -0.480 e. The van der Waals surface area contributed by atoms with Gasteiger partial charge in [0, 0.05) is 6.54 Å². The minimum atomic E-state index is -4.25. The number of halogens is 2. The number of benzene rings is 1. The molecule has 0 saturated heterocycles. The quantitative estimate of drug-likeness (QED) is 0.900. The van der Waals surface area contributed by atoms with Gasteiger partial charge in [-0.05, 0) is 32.0 Å². The molecule has 1 N–H and O–H groups in total. The molecule has 0 fully saturated rings. The van der Waals surface area contributed by atoms with Gasteiger partial charge in [0.05, 0.1) is 4.90 Å². The van der Waals surface area contributed by atoms with Crippen LogP contribution in [0, 0.1) is 11.6 Å². The summed E-state index contributed by atoms with van der Waals surface area (Å²) in [6, 6.07) is 2.11. The van der Waals surface area contributed by atoms with E-state index in [-0.39, 0.29) is 6.54 Å². The van der Waals surface area contributed by atoms with Gasteiger partial charge in [-0.2, -0.15) is 4.31 Å². The Labute approximate surface area is 115 Å². The lowest BCUT2D eigenvalue weighted by molar-refractivity contribution is -0.146. The summed E-state index contributed by atoms with van der Waals surface area (Å²) in [7, 11) is -4.25. The summed E-state index contributed by atoms with van der Waals surface area (Å²) in [5, 5.41) is 9.11. The van der Waals surface area contributed by atoms with Crippen LogP contribution in [-0.2, 0) is 14.8 Å². The molecule has 5 nitrogen and oxygen atoms in total. The first-order valence-electron chi connectivity index (χ1n) is 5.76. The van der Waals surface area contributed by atoms with Crippen LogP contribution in [0.4, 0.5) is 8.78 Å². The van der Waals surface area contributed by atoms with E-state index < -0.39 is 38.1 Å². The summed E-state index contributed by atoms with van der Waals surface area (Å²) in [5.74, 6) is -3.83. The van der Waals surface area contributed by atoms with E-state index >= 15 is 0 Å². The van der Waals surface area contributed by atoms with Crippen LogP contribution in [0.1, 0.15) is 20.8 Å². The Bertz CT molecular complexity index is 628. The zero-order chi connectivity index (χ0) is 15.7. The maximum Gasteiger partial charge on any atom is 0.324 e. The van der Waals surface area contributed by atoms with Gasteiger partial charge in [-0.1, -0.05) is 6.92 Å². The third kappa shape index (κ3) is 2.80. The number of carboxylic acid groups (broad SMARTS) is 1. The van der Waals surface area contributed by atoms with Crippen LogP contribution >= 0.6 is 0 Å². The summed E-state index contributed by atoms with van der Waals surface area (Å²) >= 11 is 0. The fourth-order valence-electron chi connectivity index (χ4n) is 1.74. The summed E-state index contributed by atoms with van der Waals surface area (Å²) in [4.78, 5) is 10.7. The van der Waals surface area contributed by atoms with Crippen LogP contribution in [0.25, 0.3) is 0 Å². The van der Waals surface area contributed by atoms with Gasteiger partial charge in [-0.15, -0.1) is 0 Å². The number of rotatable bonds is 5. The predicted octanol–water partition coefficient (Wildman–Crippen LogP) is 1.84. The van der Waals surface area contributed by atoms with E-state index in [1.807, 2.05) is 0 Å². The molecule has 112 valence electrons. The van der Waals surface area contributed by atoms with Crippen LogP contribution in [0.3, 0.4) is 0 Å². The minimum absolute atomic E-state index is 0.124. The van der Waals surface area contributed by atoms with E-state index in [1.54, 1.807) is 0 Å². The number of hydrogen-bond donors (Lipinski definition) is 1. The molecule has 1 rings (SSSR count). The zero-order valence-electron chi connectivity index (χ0n) is 11.2. The lowest BCUT2D eigenvalue weighted by Gasteiger charge is -2.33. The summed E-state index contributed by atoms with van der Waals surface area (Å²) < 4.78 is 51.4. The molecule has 0 unspecified atom stereocenters. The highest BCUT2D eigenvalue weighted by molar-refractivity contribution is 7.89. The van der Waals surface area contributed by atoms with Gasteiger partial charge in [0.25, 0.3) is 0 Å². The van der Waals surface area contributed by atoms with Gasteiger partial charge < -0.3 is 5.11 Å². The molecule has 0 bridgehead atoms. The van der Waals surface area contributed by atoms with Crippen molar-refractivity contribution in [2.45, 2.75) is 31.2 Å². The van der Waals surface area contributed by atoms with Gasteiger partial charge >= 0.3 is 5.97 Å². The smallest absolute Gasteiger partial charge is 0.324 e. The monoisotopic (exact) mass is 307 g/mol.